The molecule has 1 aliphatic rings. The van der Waals surface area contributed by atoms with Crippen LogP contribution in [0.15, 0.2) is 18.2 Å². The summed E-state index contributed by atoms with van der Waals surface area (Å²) in [4.78, 5) is 4.66. The average Bonchev–Trinajstić information content (AvgIpc) is 2.60. The van der Waals surface area contributed by atoms with Crippen LogP contribution in [0.3, 0.4) is 0 Å². The van der Waals surface area contributed by atoms with Crippen molar-refractivity contribution in [2.75, 3.05) is 67.1 Å². The maximum absolute atomic E-state index is 9.31. The predicted molar refractivity (Wildman–Crippen MR) is 91.3 cm³/mol. The van der Waals surface area contributed by atoms with Gasteiger partial charge in [0.1, 0.15) is 0 Å². The molecule has 1 aliphatic heterocycles. The Balaban J connectivity index is 2.21. The summed E-state index contributed by atoms with van der Waals surface area (Å²) in [5, 5.41) is 12.7. The largest absolute Gasteiger partial charge is 0.493 e. The molecule has 2 N–H and O–H groups in total. The lowest BCUT2D eigenvalue weighted by Gasteiger charge is -2.35. The molecule has 1 fully saturated rings. The fraction of sp³-hybridized carbons (Fsp3) is 0.647. The normalized spacial score (nSPS) is 17.3. The van der Waals surface area contributed by atoms with Crippen LogP contribution in [0.4, 0.5) is 0 Å². The van der Waals surface area contributed by atoms with Crippen molar-refractivity contribution in [3.63, 3.8) is 0 Å². The molecule has 1 atom stereocenters. The zero-order valence-electron chi connectivity index (χ0n) is 14.4. The molecule has 0 amide bonds. The Morgan fingerprint density at radius 2 is 1.91 bits per heavy atom. The fourth-order valence-corrected chi connectivity index (χ4v) is 3.01. The second-order valence-electron chi connectivity index (χ2n) is 5.89. The maximum Gasteiger partial charge on any atom is 0.161 e. The number of piperazine rings is 1. The third-order valence-electron chi connectivity index (χ3n) is 4.42. The Hall–Kier alpha value is -1.34. The summed E-state index contributed by atoms with van der Waals surface area (Å²) in [6, 6.07) is 6.29. The van der Waals surface area contributed by atoms with E-state index in [9.17, 15) is 5.11 Å². The summed E-state index contributed by atoms with van der Waals surface area (Å²) in [6.45, 7) is 5.90. The number of benzene rings is 1. The Kier molecular flexibility index (Phi) is 7.11. The molecule has 1 unspecified atom stereocenters. The Morgan fingerprint density at radius 1 is 1.22 bits per heavy atom. The first-order valence-electron chi connectivity index (χ1n) is 8.15. The van der Waals surface area contributed by atoms with Crippen molar-refractivity contribution in [1.82, 2.24) is 15.1 Å². The van der Waals surface area contributed by atoms with Gasteiger partial charge < -0.3 is 19.9 Å². The molecule has 2 rings (SSSR count). The third-order valence-corrected chi connectivity index (χ3v) is 4.42. The van der Waals surface area contributed by atoms with Crippen LogP contribution >= 0.6 is 0 Å². The van der Waals surface area contributed by atoms with Crippen LogP contribution in [0.2, 0.25) is 0 Å². The van der Waals surface area contributed by atoms with E-state index < -0.39 is 0 Å². The smallest absolute Gasteiger partial charge is 0.161 e. The lowest BCUT2D eigenvalue weighted by molar-refractivity contribution is 0.129. The quantitative estimate of drug-likeness (QED) is 0.730. The van der Waals surface area contributed by atoms with Crippen LogP contribution in [-0.4, -0.2) is 82.0 Å². The first-order valence-corrected chi connectivity index (χ1v) is 8.15. The molecule has 0 radical (unpaired) electrons. The molecule has 1 heterocycles. The van der Waals surface area contributed by atoms with Crippen LogP contribution in [0.5, 0.6) is 11.5 Å². The number of aliphatic hydroxyl groups is 1. The number of methoxy groups -OCH3 is 2. The molecule has 1 aromatic carbocycles. The highest BCUT2D eigenvalue weighted by Gasteiger charge is 2.22. The van der Waals surface area contributed by atoms with Gasteiger partial charge in [0.15, 0.2) is 11.5 Å². The van der Waals surface area contributed by atoms with E-state index in [0.29, 0.717) is 6.54 Å². The molecule has 23 heavy (non-hydrogen) atoms. The Morgan fingerprint density at radius 3 is 2.52 bits per heavy atom. The molecule has 1 saturated heterocycles. The van der Waals surface area contributed by atoms with Gasteiger partial charge in [-0.25, -0.2) is 0 Å². The van der Waals surface area contributed by atoms with Gasteiger partial charge in [-0.15, -0.1) is 0 Å². The molecule has 0 spiro atoms. The van der Waals surface area contributed by atoms with E-state index in [4.69, 9.17) is 9.47 Å². The average molecular weight is 323 g/mol. The number of likely N-dealkylation sites (N-methyl/N-ethyl adjacent to an activating group) is 1. The van der Waals surface area contributed by atoms with Gasteiger partial charge in [0, 0.05) is 45.3 Å². The van der Waals surface area contributed by atoms with Crippen molar-refractivity contribution in [3.8, 4) is 11.5 Å². The van der Waals surface area contributed by atoms with Crippen LogP contribution in [0, 0.1) is 0 Å². The monoisotopic (exact) mass is 323 g/mol. The van der Waals surface area contributed by atoms with Crippen molar-refractivity contribution < 1.29 is 14.6 Å². The van der Waals surface area contributed by atoms with Crippen LogP contribution in [-0.2, 0) is 0 Å². The molecule has 0 saturated carbocycles. The molecule has 1 aromatic rings. The van der Waals surface area contributed by atoms with Gasteiger partial charge in [0.2, 0.25) is 0 Å². The van der Waals surface area contributed by atoms with E-state index in [1.54, 1.807) is 14.2 Å². The highest BCUT2D eigenvalue weighted by Crippen LogP contribution is 2.32. The van der Waals surface area contributed by atoms with Crippen LogP contribution in [0.1, 0.15) is 11.6 Å². The molecule has 0 aliphatic carbocycles. The van der Waals surface area contributed by atoms with Gasteiger partial charge in [-0.1, -0.05) is 6.07 Å². The molecule has 6 nitrogen and oxygen atoms in total. The summed E-state index contributed by atoms with van der Waals surface area (Å²) >= 11 is 0. The SMILES string of the molecule is COc1ccc(C(CN2CCNCC2)N(C)CCO)cc1OC. The predicted octanol–water partition coefficient (Wildman–Crippen LogP) is 0.574. The second kappa shape index (κ2) is 9.08. The minimum atomic E-state index is 0.155. The molecule has 130 valence electrons. The number of ether oxygens (including phenoxy) is 2. The number of nitrogens with zero attached hydrogens (tertiary/aromatic N) is 2. The molecular weight excluding hydrogens is 294 g/mol. The first kappa shape index (κ1) is 18.0. The minimum absolute atomic E-state index is 0.155. The van der Waals surface area contributed by atoms with Gasteiger partial charge in [0.05, 0.1) is 20.8 Å². The highest BCUT2D eigenvalue weighted by atomic mass is 16.5. The molecular formula is C17H29N3O3. The standard InChI is InChI=1S/C17H29N3O3/c1-19(10-11-21)15(13-20-8-6-18-7-9-20)14-4-5-16(22-2)17(12-14)23-3/h4-5,12,15,18,21H,6-11,13H2,1-3H3. The summed E-state index contributed by atoms with van der Waals surface area (Å²) < 4.78 is 10.8. The number of hydrogen-bond donors (Lipinski definition) is 2. The van der Waals surface area contributed by atoms with E-state index >= 15 is 0 Å². The summed E-state index contributed by atoms with van der Waals surface area (Å²) in [5.41, 5.74) is 1.18. The number of aliphatic hydroxyl groups excluding tert-OH is 1. The second-order valence-corrected chi connectivity index (χ2v) is 5.89. The number of rotatable bonds is 8. The minimum Gasteiger partial charge on any atom is -0.493 e. The van der Waals surface area contributed by atoms with Crippen molar-refractivity contribution in [2.24, 2.45) is 0 Å². The third kappa shape index (κ3) is 4.81. The number of hydrogen-bond acceptors (Lipinski definition) is 6. The van der Waals surface area contributed by atoms with Gasteiger partial charge in [-0.3, -0.25) is 9.80 Å². The van der Waals surface area contributed by atoms with Crippen LogP contribution < -0.4 is 14.8 Å². The topological polar surface area (TPSA) is 57.2 Å². The van der Waals surface area contributed by atoms with Crippen molar-refractivity contribution in [3.05, 3.63) is 23.8 Å². The number of nitrogens with one attached hydrogen (secondary N) is 1. The molecule has 0 aromatic heterocycles. The lowest BCUT2D eigenvalue weighted by atomic mass is 10.0. The van der Waals surface area contributed by atoms with Gasteiger partial charge >= 0.3 is 0 Å². The van der Waals surface area contributed by atoms with Crippen molar-refractivity contribution in [1.29, 1.82) is 0 Å². The van der Waals surface area contributed by atoms with E-state index in [1.165, 1.54) is 5.56 Å². The summed E-state index contributed by atoms with van der Waals surface area (Å²) in [7, 11) is 5.36. The van der Waals surface area contributed by atoms with E-state index in [-0.39, 0.29) is 12.6 Å². The van der Waals surface area contributed by atoms with E-state index in [0.717, 1.165) is 44.2 Å². The summed E-state index contributed by atoms with van der Waals surface area (Å²) in [5.74, 6) is 1.48. The zero-order valence-corrected chi connectivity index (χ0v) is 14.4. The van der Waals surface area contributed by atoms with Gasteiger partial charge in [-0.05, 0) is 24.7 Å². The fourth-order valence-electron chi connectivity index (χ4n) is 3.01. The Bertz CT molecular complexity index is 478. The van der Waals surface area contributed by atoms with Crippen molar-refractivity contribution in [2.45, 2.75) is 6.04 Å². The van der Waals surface area contributed by atoms with Gasteiger partial charge in [0.25, 0.3) is 0 Å². The van der Waals surface area contributed by atoms with Crippen molar-refractivity contribution >= 4 is 0 Å². The highest BCUT2D eigenvalue weighted by molar-refractivity contribution is 5.43. The van der Waals surface area contributed by atoms with Gasteiger partial charge in [-0.2, -0.15) is 0 Å². The zero-order chi connectivity index (χ0) is 16.7. The Labute approximate surface area is 139 Å². The summed E-state index contributed by atoms with van der Waals surface area (Å²) in [6.07, 6.45) is 0. The first-order chi connectivity index (χ1) is 11.2. The maximum atomic E-state index is 9.31. The van der Waals surface area contributed by atoms with Crippen LogP contribution in [0.25, 0.3) is 0 Å². The van der Waals surface area contributed by atoms with E-state index in [1.807, 2.05) is 12.1 Å². The lowest BCUT2D eigenvalue weighted by Crippen LogP contribution is -2.47. The molecule has 6 heteroatoms. The molecule has 0 bridgehead atoms. The van der Waals surface area contributed by atoms with E-state index in [2.05, 4.69) is 28.2 Å².